The Kier molecular flexibility index (Phi) is 4.53. The van der Waals surface area contributed by atoms with Gasteiger partial charge < -0.3 is 9.47 Å². The first-order chi connectivity index (χ1) is 12.5. The summed E-state index contributed by atoms with van der Waals surface area (Å²) in [5, 5.41) is 9.46. The number of methoxy groups -OCH3 is 2. The molecule has 1 aromatic heterocycles. The first-order valence-electron chi connectivity index (χ1n) is 7.65. The van der Waals surface area contributed by atoms with E-state index < -0.39 is 23.4 Å². The summed E-state index contributed by atoms with van der Waals surface area (Å²) in [4.78, 5) is 37.3. The van der Waals surface area contributed by atoms with E-state index in [-0.39, 0.29) is 17.0 Å². The fourth-order valence-electron chi connectivity index (χ4n) is 2.78. The highest BCUT2D eigenvalue weighted by Gasteiger charge is 2.40. The summed E-state index contributed by atoms with van der Waals surface area (Å²) < 4.78 is 10.7. The van der Waals surface area contributed by atoms with Crippen molar-refractivity contribution < 1.29 is 19.1 Å². The molecule has 26 heavy (non-hydrogen) atoms. The number of nitrogens with zero attached hydrogens (tertiary/aromatic N) is 4. The highest BCUT2D eigenvalue weighted by Crippen LogP contribution is 2.31. The Balaban J connectivity index is 2.22. The summed E-state index contributed by atoms with van der Waals surface area (Å²) >= 11 is 0. The molecule has 3 rings (SSSR count). The minimum absolute atomic E-state index is 0.131. The van der Waals surface area contributed by atoms with Gasteiger partial charge in [0.2, 0.25) is 0 Å². The van der Waals surface area contributed by atoms with Gasteiger partial charge in [0, 0.05) is 12.6 Å². The topological polar surface area (TPSA) is 103 Å². The van der Waals surface area contributed by atoms with Crippen molar-refractivity contribution >= 4 is 23.3 Å². The molecule has 2 aromatic rings. The monoisotopic (exact) mass is 356 g/mol. The third-order valence-electron chi connectivity index (χ3n) is 3.98. The number of anilines is 1. The van der Waals surface area contributed by atoms with Gasteiger partial charge in [-0.05, 0) is 12.1 Å². The van der Waals surface area contributed by atoms with Gasteiger partial charge in [-0.3, -0.25) is 14.6 Å². The Labute approximate surface area is 148 Å². The van der Waals surface area contributed by atoms with Gasteiger partial charge >= 0.3 is 11.9 Å². The number of carbonyl (C=O) groups excluding carboxylic acids is 2. The predicted octanol–water partition coefficient (Wildman–Crippen LogP) is 0.468. The summed E-state index contributed by atoms with van der Waals surface area (Å²) in [5.74, 6) is -2.71. The number of esters is 2. The fourth-order valence-corrected chi connectivity index (χ4v) is 2.78. The van der Waals surface area contributed by atoms with Crippen molar-refractivity contribution in [3.63, 3.8) is 0 Å². The van der Waals surface area contributed by atoms with Crippen LogP contribution in [0.4, 0.5) is 5.69 Å². The summed E-state index contributed by atoms with van der Waals surface area (Å²) in [5.41, 5.74) is 0.274. The van der Waals surface area contributed by atoms with Crippen LogP contribution in [0.2, 0.25) is 0 Å². The molecule has 1 aliphatic rings. The van der Waals surface area contributed by atoms with E-state index in [1.54, 1.807) is 24.3 Å². The zero-order valence-electron chi connectivity index (χ0n) is 14.4. The van der Waals surface area contributed by atoms with Crippen molar-refractivity contribution in [2.75, 3.05) is 26.3 Å². The molecule has 0 bridgehead atoms. The third kappa shape index (κ3) is 2.73. The summed E-state index contributed by atoms with van der Waals surface area (Å²) in [7, 11) is 3.88. The Bertz CT molecular complexity index is 951. The molecule has 1 aromatic carbocycles. The zero-order chi connectivity index (χ0) is 18.8. The van der Waals surface area contributed by atoms with Gasteiger partial charge in [-0.1, -0.05) is 18.2 Å². The van der Waals surface area contributed by atoms with Gasteiger partial charge in [-0.25, -0.2) is 4.79 Å². The molecule has 9 nitrogen and oxygen atoms in total. The molecule has 0 radical (unpaired) electrons. The van der Waals surface area contributed by atoms with Crippen LogP contribution in [0.15, 0.2) is 46.4 Å². The maximum absolute atomic E-state index is 12.9. The van der Waals surface area contributed by atoms with Crippen LogP contribution in [0.25, 0.3) is 5.69 Å². The van der Waals surface area contributed by atoms with Crippen LogP contribution in [-0.2, 0) is 19.1 Å². The van der Waals surface area contributed by atoms with Crippen LogP contribution in [0.5, 0.6) is 0 Å². The van der Waals surface area contributed by atoms with Crippen molar-refractivity contribution in [1.29, 1.82) is 0 Å². The first-order valence-corrected chi connectivity index (χ1v) is 7.65. The Morgan fingerprint density at radius 1 is 1.12 bits per heavy atom. The van der Waals surface area contributed by atoms with Gasteiger partial charge in [0.25, 0.3) is 5.56 Å². The highest BCUT2D eigenvalue weighted by atomic mass is 16.5. The molecule has 9 heteroatoms. The Hall–Kier alpha value is -3.49. The van der Waals surface area contributed by atoms with Crippen LogP contribution in [-0.4, -0.2) is 48.7 Å². The molecule has 0 amide bonds. The average molecular weight is 356 g/mol. The minimum atomic E-state index is -1.19. The molecule has 0 fully saturated rings. The fraction of sp³-hybridized carbons (Fsp3) is 0.235. The largest absolute Gasteiger partial charge is 0.468 e. The molecule has 2 heterocycles. The van der Waals surface area contributed by atoms with Crippen LogP contribution >= 0.6 is 0 Å². The van der Waals surface area contributed by atoms with E-state index in [1.165, 1.54) is 37.2 Å². The average Bonchev–Trinajstić information content (AvgIpc) is 2.67. The maximum Gasteiger partial charge on any atom is 0.355 e. The van der Waals surface area contributed by atoms with E-state index in [2.05, 4.69) is 10.2 Å². The smallest absolute Gasteiger partial charge is 0.355 e. The summed E-state index contributed by atoms with van der Waals surface area (Å²) in [6.45, 7) is 0. The number of aromatic nitrogens is 2. The zero-order valence-corrected chi connectivity index (χ0v) is 14.4. The summed E-state index contributed by atoms with van der Waals surface area (Å²) in [6.07, 6.45) is 1.36. The van der Waals surface area contributed by atoms with E-state index in [1.807, 2.05) is 6.07 Å². The van der Waals surface area contributed by atoms with Crippen LogP contribution in [0, 0.1) is 0 Å². The van der Waals surface area contributed by atoms with Crippen LogP contribution < -0.4 is 10.6 Å². The molecular formula is C17H16N4O5. The van der Waals surface area contributed by atoms with Crippen LogP contribution in [0.1, 0.15) is 11.5 Å². The molecule has 1 unspecified atom stereocenters. The lowest BCUT2D eigenvalue weighted by molar-refractivity contribution is -0.142. The number of hydrazone groups is 1. The second-order valence-corrected chi connectivity index (χ2v) is 5.46. The normalized spacial score (nSPS) is 15.7. The van der Waals surface area contributed by atoms with Gasteiger partial charge in [-0.15, -0.1) is 0 Å². The Morgan fingerprint density at radius 2 is 1.81 bits per heavy atom. The third-order valence-corrected chi connectivity index (χ3v) is 3.98. The van der Waals surface area contributed by atoms with E-state index in [9.17, 15) is 14.4 Å². The van der Waals surface area contributed by atoms with Crippen molar-refractivity contribution in [1.82, 2.24) is 9.78 Å². The highest BCUT2D eigenvalue weighted by molar-refractivity contribution is 6.43. The van der Waals surface area contributed by atoms with Crippen LogP contribution in [0.3, 0.4) is 0 Å². The predicted molar refractivity (Wildman–Crippen MR) is 92.4 cm³/mol. The number of rotatable bonds is 3. The molecule has 134 valence electrons. The molecular weight excluding hydrogens is 340 g/mol. The van der Waals surface area contributed by atoms with Crippen molar-refractivity contribution in [2.24, 2.45) is 5.10 Å². The van der Waals surface area contributed by atoms with E-state index in [0.29, 0.717) is 5.69 Å². The van der Waals surface area contributed by atoms with Gasteiger partial charge in [0.15, 0.2) is 5.71 Å². The molecule has 0 saturated heterocycles. The van der Waals surface area contributed by atoms with E-state index >= 15 is 0 Å². The van der Waals surface area contributed by atoms with Crippen molar-refractivity contribution in [3.8, 4) is 5.69 Å². The first kappa shape index (κ1) is 17.3. The van der Waals surface area contributed by atoms with Gasteiger partial charge in [0.1, 0.15) is 11.6 Å². The van der Waals surface area contributed by atoms with E-state index in [4.69, 9.17) is 9.47 Å². The number of para-hydroxylation sites is 1. The number of hydrogen-bond acceptors (Lipinski definition) is 8. The van der Waals surface area contributed by atoms with Crippen molar-refractivity contribution in [2.45, 2.75) is 5.92 Å². The molecule has 1 aliphatic heterocycles. The quantitative estimate of drug-likeness (QED) is 0.736. The summed E-state index contributed by atoms with van der Waals surface area (Å²) in [6, 6.07) is 8.82. The number of benzene rings is 1. The lowest BCUT2D eigenvalue weighted by Crippen LogP contribution is -2.41. The Morgan fingerprint density at radius 3 is 2.42 bits per heavy atom. The molecule has 0 spiro atoms. The van der Waals surface area contributed by atoms with E-state index in [0.717, 1.165) is 0 Å². The minimum Gasteiger partial charge on any atom is -0.468 e. The standard InChI is InChI=1S/C17H16N4O5/c1-20-14-11(12(16(23)25-2)13(19-20)17(24)26-3)9-18-21(15(14)22)10-7-5-4-6-8-10/h4-9,12H,1-3H3. The number of ether oxygens (including phenoxy) is 2. The molecule has 0 saturated carbocycles. The number of fused-ring (bicyclic) bond motifs is 1. The SMILES string of the molecule is COC(=O)C1=NN(C)c2c(cnn(-c3ccccc3)c2=O)C1C(=O)OC. The molecule has 0 N–H and O–H groups in total. The lowest BCUT2D eigenvalue weighted by Gasteiger charge is -2.27. The van der Waals surface area contributed by atoms with Gasteiger partial charge in [-0.2, -0.15) is 14.9 Å². The second kappa shape index (κ2) is 6.79. The molecule has 0 aliphatic carbocycles. The van der Waals surface area contributed by atoms with Crippen molar-refractivity contribution in [3.05, 3.63) is 52.4 Å². The van der Waals surface area contributed by atoms with Gasteiger partial charge in [0.05, 0.1) is 26.1 Å². The number of hydrogen-bond donors (Lipinski definition) is 0. The lowest BCUT2D eigenvalue weighted by atomic mass is 9.92. The molecule has 1 atom stereocenters. The maximum atomic E-state index is 12.9. The number of carbonyl (C=O) groups is 2. The second-order valence-electron chi connectivity index (χ2n) is 5.46.